The molecule has 1 aliphatic rings. The van der Waals surface area contributed by atoms with Crippen LogP contribution in [0, 0.1) is 0 Å². The number of anilines is 1. The van der Waals surface area contributed by atoms with Crippen LogP contribution < -0.4 is 5.32 Å². The summed E-state index contributed by atoms with van der Waals surface area (Å²) in [4.78, 5) is 38.5. The molecule has 1 N–H and O–H groups in total. The van der Waals surface area contributed by atoms with Crippen molar-refractivity contribution in [2.75, 3.05) is 38.0 Å². The van der Waals surface area contributed by atoms with Crippen molar-refractivity contribution < 1.29 is 14.3 Å². The van der Waals surface area contributed by atoms with E-state index in [0.29, 0.717) is 39.1 Å². The van der Waals surface area contributed by atoms with Gasteiger partial charge >= 0.3 is 6.09 Å². The van der Waals surface area contributed by atoms with Crippen molar-refractivity contribution in [3.05, 3.63) is 42.0 Å². The van der Waals surface area contributed by atoms with Crippen molar-refractivity contribution >= 4 is 39.4 Å². The molecular weight excluding hydrogens is 450 g/mol. The largest absolute Gasteiger partial charge is 0.444 e. The molecule has 0 bridgehead atoms. The van der Waals surface area contributed by atoms with E-state index >= 15 is 0 Å². The lowest BCUT2D eigenvalue weighted by molar-refractivity contribution is -0.130. The predicted molar refractivity (Wildman–Crippen MR) is 135 cm³/mol. The van der Waals surface area contributed by atoms with Crippen molar-refractivity contribution in [2.24, 2.45) is 0 Å². The number of carbonyl (C=O) groups is 2. The number of nitrogens with one attached hydrogen (secondary N) is 1. The average molecular weight is 482 g/mol. The number of aromatic nitrogens is 2. The van der Waals surface area contributed by atoms with E-state index in [4.69, 9.17) is 4.74 Å². The van der Waals surface area contributed by atoms with Crippen LogP contribution in [0.3, 0.4) is 0 Å². The van der Waals surface area contributed by atoms with E-state index in [1.54, 1.807) is 22.6 Å². The lowest BCUT2D eigenvalue weighted by atomic mass is 10.1. The number of hydrogen-bond donors (Lipinski definition) is 1. The fourth-order valence-corrected chi connectivity index (χ4v) is 4.88. The smallest absolute Gasteiger partial charge is 0.410 e. The van der Waals surface area contributed by atoms with E-state index < -0.39 is 5.60 Å². The molecule has 180 valence electrons. The van der Waals surface area contributed by atoms with Crippen LogP contribution in [0.15, 0.2) is 42.0 Å². The summed E-state index contributed by atoms with van der Waals surface area (Å²) in [6, 6.07) is 10.2. The zero-order valence-corrected chi connectivity index (χ0v) is 20.7. The van der Waals surface area contributed by atoms with Crippen molar-refractivity contribution in [2.45, 2.75) is 39.2 Å². The minimum Gasteiger partial charge on any atom is -0.444 e. The average Bonchev–Trinajstić information content (AvgIpc) is 3.08. The van der Waals surface area contributed by atoms with Gasteiger partial charge in [0.25, 0.3) is 0 Å². The second kappa shape index (κ2) is 10.4. The molecule has 9 heteroatoms. The molecule has 0 unspecified atom stereocenters. The Bertz CT molecular complexity index is 1140. The first-order valence-electron chi connectivity index (χ1n) is 11.6. The van der Waals surface area contributed by atoms with E-state index in [9.17, 15) is 9.59 Å². The highest BCUT2D eigenvalue weighted by atomic mass is 32.1. The van der Waals surface area contributed by atoms with Crippen LogP contribution in [0.4, 0.5) is 10.6 Å². The second-order valence-electron chi connectivity index (χ2n) is 9.30. The molecule has 1 saturated heterocycles. The molecule has 2 amide bonds. The van der Waals surface area contributed by atoms with Gasteiger partial charge in [-0.05, 0) is 32.8 Å². The lowest BCUT2D eigenvalue weighted by Gasteiger charge is -2.26. The molecule has 2 aromatic heterocycles. The molecule has 0 saturated carbocycles. The maximum atomic E-state index is 12.9. The van der Waals surface area contributed by atoms with Gasteiger partial charge in [0.2, 0.25) is 5.91 Å². The number of carbonyl (C=O) groups excluding carboxylic acids is 2. The van der Waals surface area contributed by atoms with Gasteiger partial charge in [-0.2, -0.15) is 0 Å². The third-order valence-electron chi connectivity index (χ3n) is 5.59. The number of amides is 2. The van der Waals surface area contributed by atoms with Gasteiger partial charge in [-0.3, -0.25) is 4.79 Å². The molecule has 34 heavy (non-hydrogen) atoms. The third kappa shape index (κ3) is 5.83. The van der Waals surface area contributed by atoms with Gasteiger partial charge in [0, 0.05) is 50.1 Å². The maximum absolute atomic E-state index is 12.9. The second-order valence-corrected chi connectivity index (χ2v) is 10.2. The Labute approximate surface area is 203 Å². The maximum Gasteiger partial charge on any atom is 0.410 e. The predicted octanol–water partition coefficient (Wildman–Crippen LogP) is 4.63. The van der Waals surface area contributed by atoms with Gasteiger partial charge in [0.15, 0.2) is 0 Å². The summed E-state index contributed by atoms with van der Waals surface area (Å²) in [5.41, 5.74) is 1.67. The van der Waals surface area contributed by atoms with Crippen molar-refractivity contribution in [3.63, 3.8) is 0 Å². The van der Waals surface area contributed by atoms with Gasteiger partial charge in [-0.25, -0.2) is 14.8 Å². The normalized spacial score (nSPS) is 14.7. The topological polar surface area (TPSA) is 87.7 Å². The summed E-state index contributed by atoms with van der Waals surface area (Å²) in [5.74, 6) is 0.808. The Hall–Kier alpha value is -3.20. The molecule has 1 aliphatic heterocycles. The summed E-state index contributed by atoms with van der Waals surface area (Å²) < 4.78 is 5.47. The van der Waals surface area contributed by atoms with Crippen molar-refractivity contribution in [3.8, 4) is 11.1 Å². The molecule has 0 radical (unpaired) electrons. The lowest BCUT2D eigenvalue weighted by Crippen LogP contribution is -2.40. The fraction of sp³-hybridized carbons (Fsp3) is 0.440. The number of thiophene rings is 1. The van der Waals surface area contributed by atoms with Crippen LogP contribution >= 0.6 is 11.3 Å². The van der Waals surface area contributed by atoms with Crippen LogP contribution in [0.25, 0.3) is 21.3 Å². The van der Waals surface area contributed by atoms with Crippen LogP contribution in [0.5, 0.6) is 0 Å². The Morgan fingerprint density at radius 1 is 1.06 bits per heavy atom. The molecule has 3 heterocycles. The third-order valence-corrected chi connectivity index (χ3v) is 6.47. The van der Waals surface area contributed by atoms with E-state index in [-0.39, 0.29) is 12.0 Å². The highest BCUT2D eigenvalue weighted by molar-refractivity contribution is 7.17. The van der Waals surface area contributed by atoms with E-state index in [2.05, 4.69) is 32.8 Å². The quantitative estimate of drug-likeness (QED) is 0.572. The molecule has 1 aromatic carbocycles. The Morgan fingerprint density at radius 3 is 2.56 bits per heavy atom. The van der Waals surface area contributed by atoms with Gasteiger partial charge in [0.1, 0.15) is 22.6 Å². The molecule has 1 fully saturated rings. The fourth-order valence-electron chi connectivity index (χ4n) is 3.96. The van der Waals surface area contributed by atoms with Crippen LogP contribution in [-0.4, -0.2) is 70.1 Å². The summed E-state index contributed by atoms with van der Waals surface area (Å²) in [6.07, 6.45) is 2.32. The minimum absolute atomic E-state index is 0.0671. The zero-order valence-electron chi connectivity index (χ0n) is 19.9. The van der Waals surface area contributed by atoms with Crippen molar-refractivity contribution in [1.29, 1.82) is 0 Å². The molecule has 0 aliphatic carbocycles. The van der Waals surface area contributed by atoms with Gasteiger partial charge in [0.05, 0.1) is 5.39 Å². The van der Waals surface area contributed by atoms with Gasteiger partial charge < -0.3 is 19.9 Å². The zero-order chi connectivity index (χ0) is 24.1. The summed E-state index contributed by atoms with van der Waals surface area (Å²) in [5, 5.41) is 6.42. The standard InChI is InChI=1S/C25H31N5O3S/c1-25(2,3)33-24(32)30-13-7-12-29(14-15-30)20(31)10-11-26-22-21-19(18-8-5-4-6-9-18)16-34-23(21)28-17-27-22/h4-6,8-9,16-17H,7,10-15H2,1-3H3,(H,26,27,28). The Balaban J connectivity index is 1.35. The van der Waals surface area contributed by atoms with E-state index in [1.165, 1.54) is 0 Å². The van der Waals surface area contributed by atoms with Crippen LogP contribution in [-0.2, 0) is 9.53 Å². The van der Waals surface area contributed by atoms with Gasteiger partial charge in [-0.15, -0.1) is 11.3 Å². The summed E-state index contributed by atoms with van der Waals surface area (Å²) in [7, 11) is 0. The number of fused-ring (bicyclic) bond motifs is 1. The highest BCUT2D eigenvalue weighted by Gasteiger charge is 2.25. The number of benzene rings is 1. The number of ether oxygens (including phenoxy) is 1. The summed E-state index contributed by atoms with van der Waals surface area (Å²) in [6.45, 7) is 8.27. The first kappa shape index (κ1) is 23.9. The summed E-state index contributed by atoms with van der Waals surface area (Å²) >= 11 is 1.58. The molecule has 8 nitrogen and oxygen atoms in total. The SMILES string of the molecule is CC(C)(C)OC(=O)N1CCCN(C(=O)CCNc2ncnc3scc(-c4ccccc4)c23)CC1. The molecular formula is C25H31N5O3S. The first-order chi connectivity index (χ1) is 16.3. The minimum atomic E-state index is -0.528. The number of hydrogen-bond acceptors (Lipinski definition) is 7. The van der Waals surface area contributed by atoms with Gasteiger partial charge in [-0.1, -0.05) is 30.3 Å². The highest BCUT2D eigenvalue weighted by Crippen LogP contribution is 2.36. The first-order valence-corrected chi connectivity index (χ1v) is 12.5. The number of nitrogens with zero attached hydrogens (tertiary/aromatic N) is 4. The van der Waals surface area contributed by atoms with Crippen LogP contribution in [0.1, 0.15) is 33.6 Å². The van der Waals surface area contributed by atoms with E-state index in [1.807, 2.05) is 43.9 Å². The Kier molecular flexibility index (Phi) is 7.31. The molecule has 4 rings (SSSR count). The monoisotopic (exact) mass is 481 g/mol. The molecule has 0 atom stereocenters. The Morgan fingerprint density at radius 2 is 1.79 bits per heavy atom. The van der Waals surface area contributed by atoms with Crippen molar-refractivity contribution in [1.82, 2.24) is 19.8 Å². The van der Waals surface area contributed by atoms with E-state index in [0.717, 1.165) is 33.6 Å². The van der Waals surface area contributed by atoms with Crippen LogP contribution in [0.2, 0.25) is 0 Å². The number of rotatable bonds is 5. The molecule has 3 aromatic rings. The molecule has 0 spiro atoms.